The Kier molecular flexibility index (Phi) is 9.23. The number of nitrogens with zero attached hydrogens (tertiary/aromatic N) is 3. The number of phenols is 1. The lowest BCUT2D eigenvalue weighted by molar-refractivity contribution is -0.138. The van der Waals surface area contributed by atoms with Crippen molar-refractivity contribution in [2.24, 2.45) is 5.92 Å². The van der Waals surface area contributed by atoms with Gasteiger partial charge >= 0.3 is 0 Å². The molecule has 1 aromatic heterocycles. The summed E-state index contributed by atoms with van der Waals surface area (Å²) in [4.78, 5) is 59.9. The Morgan fingerprint density at radius 3 is 2.48 bits per heavy atom. The van der Waals surface area contributed by atoms with Gasteiger partial charge in [-0.05, 0) is 73.2 Å². The topological polar surface area (TPSA) is 174 Å². The molecule has 2 aromatic carbocycles. The maximum atomic E-state index is 14.0. The molecular weight excluding hydrogens is 588 g/mol. The Bertz CT molecular complexity index is 1730. The molecule has 6 rings (SSSR count). The van der Waals surface area contributed by atoms with Crippen molar-refractivity contribution >= 4 is 23.6 Å². The van der Waals surface area contributed by atoms with Crippen LogP contribution in [0.3, 0.4) is 0 Å². The van der Waals surface area contributed by atoms with Crippen LogP contribution in [0.4, 0.5) is 0 Å². The van der Waals surface area contributed by atoms with Crippen LogP contribution in [-0.4, -0.2) is 63.3 Å². The average molecular weight is 625 g/mol. The molecule has 0 fully saturated rings. The lowest BCUT2D eigenvalue weighted by Gasteiger charge is -2.33. The second-order valence-corrected chi connectivity index (χ2v) is 12.0. The Labute approximate surface area is 266 Å². The molecule has 3 atom stereocenters. The molecule has 12 nitrogen and oxygen atoms in total. The number of amides is 4. The van der Waals surface area contributed by atoms with Gasteiger partial charge in [-0.2, -0.15) is 5.26 Å². The Hall–Kier alpha value is -5.44. The van der Waals surface area contributed by atoms with Crippen LogP contribution in [-0.2, 0) is 33.8 Å². The van der Waals surface area contributed by atoms with Crippen molar-refractivity contribution in [1.29, 1.82) is 5.26 Å². The van der Waals surface area contributed by atoms with Gasteiger partial charge in [-0.1, -0.05) is 26.0 Å². The maximum Gasteiger partial charge on any atom is 0.255 e. The van der Waals surface area contributed by atoms with E-state index in [1.165, 1.54) is 25.1 Å². The van der Waals surface area contributed by atoms with E-state index in [0.29, 0.717) is 35.7 Å². The molecule has 4 bridgehead atoms. The van der Waals surface area contributed by atoms with E-state index in [0.717, 1.165) is 16.7 Å². The number of carbonyl (C=O) groups excluding carboxylic acids is 4. The molecule has 0 spiro atoms. The summed E-state index contributed by atoms with van der Waals surface area (Å²) >= 11 is 0. The Balaban J connectivity index is 1.46. The first-order valence-corrected chi connectivity index (χ1v) is 15.1. The zero-order valence-corrected chi connectivity index (χ0v) is 26.1. The van der Waals surface area contributed by atoms with Gasteiger partial charge in [0.25, 0.3) is 5.91 Å². The van der Waals surface area contributed by atoms with Crippen LogP contribution in [0.15, 0.2) is 48.7 Å². The highest BCUT2D eigenvalue weighted by Crippen LogP contribution is 2.28. The standard InChI is InChI=1S/C34H36N6O6/c1-18(2)30-33(44)37-20(4)31(42)38-28(34(45)40-12-11-25-22(17-40)16-36-19(3)27(25)15-35)13-21-5-7-23(8-6-21)46-24-9-10-29(41)26(14-24)32(43)39-30/h5-10,14,16,18,20,28,30,41H,11-13,17H2,1-4H3,(H,37,44)(H,38,42)(H,39,43)/t20-,28-,30-/m0/s1. The van der Waals surface area contributed by atoms with Gasteiger partial charge in [0.2, 0.25) is 17.7 Å². The van der Waals surface area contributed by atoms with Crippen molar-refractivity contribution < 1.29 is 29.0 Å². The number of hydrogen-bond acceptors (Lipinski definition) is 8. The van der Waals surface area contributed by atoms with Crippen LogP contribution in [0.2, 0.25) is 0 Å². The number of phenolic OH excluding ortho intramolecular Hbond substituents is 1. The maximum absolute atomic E-state index is 14.0. The van der Waals surface area contributed by atoms with Crippen molar-refractivity contribution in [2.75, 3.05) is 6.54 Å². The predicted octanol–water partition coefficient (Wildman–Crippen LogP) is 2.64. The molecule has 0 aliphatic carbocycles. The van der Waals surface area contributed by atoms with E-state index in [2.05, 4.69) is 27.0 Å². The summed E-state index contributed by atoms with van der Waals surface area (Å²) in [6, 6.07) is 10.4. The molecular formula is C34H36N6O6. The number of carbonyl (C=O) groups is 4. The van der Waals surface area contributed by atoms with Crippen molar-refractivity contribution in [2.45, 2.75) is 65.2 Å². The van der Waals surface area contributed by atoms with Crippen LogP contribution in [0.5, 0.6) is 17.2 Å². The fraction of sp³-hybridized carbons (Fsp3) is 0.353. The molecule has 12 heteroatoms. The first kappa shape index (κ1) is 32.0. The minimum Gasteiger partial charge on any atom is -0.507 e. The number of nitriles is 1. The summed E-state index contributed by atoms with van der Waals surface area (Å²) in [7, 11) is 0. The predicted molar refractivity (Wildman–Crippen MR) is 167 cm³/mol. The molecule has 3 aliphatic heterocycles. The minimum atomic E-state index is -1.04. The highest BCUT2D eigenvalue weighted by Gasteiger charge is 2.33. The third kappa shape index (κ3) is 6.78. The molecule has 4 heterocycles. The number of benzene rings is 2. The number of rotatable bonds is 2. The zero-order valence-electron chi connectivity index (χ0n) is 26.1. The van der Waals surface area contributed by atoms with E-state index in [4.69, 9.17) is 4.74 Å². The quantitative estimate of drug-likeness (QED) is 0.315. The SMILES string of the molecule is Cc1ncc2c(c1C#N)CCN(C(=O)[C@@H]1Cc3ccc(cc3)Oc3ccc(O)c(c3)C(=O)N[C@@H](C(C)C)C(=O)N[C@@H](C)C(=O)N1)C2. The number of aryl methyl sites for hydroxylation is 1. The monoisotopic (exact) mass is 624 g/mol. The smallest absolute Gasteiger partial charge is 0.255 e. The third-order valence-corrected chi connectivity index (χ3v) is 8.30. The molecule has 0 radical (unpaired) electrons. The van der Waals surface area contributed by atoms with Gasteiger partial charge in [-0.15, -0.1) is 0 Å². The molecule has 238 valence electrons. The second-order valence-electron chi connectivity index (χ2n) is 12.0. The highest BCUT2D eigenvalue weighted by atomic mass is 16.5. The number of pyridine rings is 1. The van der Waals surface area contributed by atoms with Crippen LogP contribution in [0.25, 0.3) is 0 Å². The van der Waals surface area contributed by atoms with Gasteiger partial charge in [0, 0.05) is 25.7 Å². The van der Waals surface area contributed by atoms with Crippen LogP contribution >= 0.6 is 0 Å². The number of hydrogen-bond donors (Lipinski definition) is 4. The molecule has 3 aliphatic rings. The normalized spacial score (nSPS) is 20.3. The van der Waals surface area contributed by atoms with Gasteiger partial charge < -0.3 is 30.7 Å². The molecule has 4 amide bonds. The molecule has 0 saturated carbocycles. The molecule has 3 aromatic rings. The molecule has 0 unspecified atom stereocenters. The van der Waals surface area contributed by atoms with Crippen LogP contribution < -0.4 is 20.7 Å². The fourth-order valence-electron chi connectivity index (χ4n) is 5.65. The minimum absolute atomic E-state index is 0.0732. The van der Waals surface area contributed by atoms with Gasteiger partial charge in [0.05, 0.1) is 16.8 Å². The summed E-state index contributed by atoms with van der Waals surface area (Å²) in [5.41, 5.74) is 3.51. The number of nitrogens with one attached hydrogen (secondary N) is 3. The van der Waals surface area contributed by atoms with Gasteiger partial charge in [0.1, 0.15) is 41.4 Å². The van der Waals surface area contributed by atoms with E-state index in [1.807, 2.05) is 0 Å². The van der Waals surface area contributed by atoms with Crippen LogP contribution in [0.1, 0.15) is 59.1 Å². The molecule has 4 N–H and O–H groups in total. The van der Waals surface area contributed by atoms with E-state index in [-0.39, 0.29) is 36.1 Å². The summed E-state index contributed by atoms with van der Waals surface area (Å²) in [6.07, 6.45) is 2.33. The number of ether oxygens (including phenoxy) is 1. The second kappa shape index (κ2) is 13.3. The van der Waals surface area contributed by atoms with Gasteiger partial charge in [-0.3, -0.25) is 24.2 Å². The fourth-order valence-corrected chi connectivity index (χ4v) is 5.65. The summed E-state index contributed by atoms with van der Waals surface area (Å²) in [6.45, 7) is 7.37. The highest BCUT2D eigenvalue weighted by molar-refractivity contribution is 6.00. The Morgan fingerprint density at radius 2 is 1.78 bits per heavy atom. The van der Waals surface area contributed by atoms with E-state index >= 15 is 0 Å². The van der Waals surface area contributed by atoms with Crippen LogP contribution in [0, 0.1) is 24.2 Å². The molecule has 0 saturated heterocycles. The van der Waals surface area contributed by atoms with Crippen molar-refractivity contribution in [3.63, 3.8) is 0 Å². The third-order valence-electron chi connectivity index (χ3n) is 8.30. The van der Waals surface area contributed by atoms with Crippen molar-refractivity contribution in [3.05, 3.63) is 82.2 Å². The number of aromatic hydroxyl groups is 1. The largest absolute Gasteiger partial charge is 0.507 e. The first-order valence-electron chi connectivity index (χ1n) is 15.1. The summed E-state index contributed by atoms with van der Waals surface area (Å²) in [5.74, 6) is -2.07. The summed E-state index contributed by atoms with van der Waals surface area (Å²) in [5, 5.41) is 28.2. The van der Waals surface area contributed by atoms with Crippen molar-refractivity contribution in [3.8, 4) is 23.3 Å². The molecule has 46 heavy (non-hydrogen) atoms. The van der Waals surface area contributed by atoms with E-state index in [1.54, 1.807) is 56.1 Å². The zero-order chi connectivity index (χ0) is 33.1. The van der Waals surface area contributed by atoms with E-state index < -0.39 is 35.8 Å². The Morgan fingerprint density at radius 1 is 1.07 bits per heavy atom. The lowest BCUT2D eigenvalue weighted by Crippen LogP contribution is -2.57. The lowest BCUT2D eigenvalue weighted by atomic mass is 9.94. The number of fused-ring (bicyclic) bond motifs is 12. The van der Waals surface area contributed by atoms with Crippen molar-refractivity contribution in [1.82, 2.24) is 25.8 Å². The van der Waals surface area contributed by atoms with E-state index in [9.17, 15) is 29.5 Å². The number of aromatic nitrogens is 1. The average Bonchev–Trinajstić information content (AvgIpc) is 3.03. The first-order chi connectivity index (χ1) is 21.9. The van der Waals surface area contributed by atoms with Gasteiger partial charge in [-0.25, -0.2) is 0 Å². The van der Waals surface area contributed by atoms with Gasteiger partial charge in [0.15, 0.2) is 0 Å². The summed E-state index contributed by atoms with van der Waals surface area (Å²) < 4.78 is 5.93.